The Bertz CT molecular complexity index is 667. The van der Waals surface area contributed by atoms with Crippen LogP contribution >= 0.6 is 11.3 Å². The van der Waals surface area contributed by atoms with Gasteiger partial charge in [0, 0.05) is 18.1 Å². The number of para-hydroxylation sites is 1. The number of aryl methyl sites for hydroxylation is 1. The summed E-state index contributed by atoms with van der Waals surface area (Å²) in [6, 6.07) is 3.46. The summed E-state index contributed by atoms with van der Waals surface area (Å²) in [7, 11) is 1.34. The van der Waals surface area contributed by atoms with E-state index in [1.54, 1.807) is 6.20 Å². The second-order valence-corrected chi connectivity index (χ2v) is 5.44. The zero-order valence-electron chi connectivity index (χ0n) is 11.2. The number of anilines is 2. The van der Waals surface area contributed by atoms with Crippen LogP contribution in [-0.2, 0) is 6.18 Å². The number of hydrogen-bond donors (Lipinski definition) is 2. The quantitative estimate of drug-likeness (QED) is 0.906. The molecule has 112 valence electrons. The number of carbonyl (C=O) groups excluding carboxylic acids is 1. The Hall–Kier alpha value is -2.09. The number of halogens is 3. The molecule has 0 fully saturated rings. The van der Waals surface area contributed by atoms with Crippen molar-refractivity contribution in [2.75, 3.05) is 17.7 Å². The summed E-state index contributed by atoms with van der Waals surface area (Å²) in [4.78, 5) is 17.0. The lowest BCUT2D eigenvalue weighted by Gasteiger charge is -2.15. The van der Waals surface area contributed by atoms with E-state index < -0.39 is 17.6 Å². The minimum Gasteiger partial charge on any atom is -0.387 e. The molecule has 0 radical (unpaired) electrons. The van der Waals surface area contributed by atoms with E-state index in [4.69, 9.17) is 0 Å². The predicted octanol–water partition coefficient (Wildman–Crippen LogP) is 3.76. The first-order valence-corrected chi connectivity index (χ1v) is 6.76. The highest BCUT2D eigenvalue weighted by Gasteiger charge is 2.35. The fourth-order valence-electron chi connectivity index (χ4n) is 1.82. The molecular weight excluding hydrogens is 303 g/mol. The van der Waals surface area contributed by atoms with E-state index in [2.05, 4.69) is 15.6 Å². The maximum absolute atomic E-state index is 12.9. The summed E-state index contributed by atoms with van der Waals surface area (Å²) < 4.78 is 38.8. The maximum Gasteiger partial charge on any atom is 0.418 e. The number of nitrogens with zero attached hydrogens (tertiary/aromatic N) is 1. The van der Waals surface area contributed by atoms with Crippen LogP contribution in [0, 0.1) is 6.92 Å². The van der Waals surface area contributed by atoms with Crippen molar-refractivity contribution in [1.29, 1.82) is 0 Å². The monoisotopic (exact) mass is 315 g/mol. The lowest BCUT2D eigenvalue weighted by Crippen LogP contribution is -2.17. The molecule has 1 heterocycles. The van der Waals surface area contributed by atoms with Crippen molar-refractivity contribution in [3.05, 3.63) is 40.4 Å². The third-order valence-corrected chi connectivity index (χ3v) is 3.53. The van der Waals surface area contributed by atoms with Gasteiger partial charge in [0.15, 0.2) is 5.13 Å². The van der Waals surface area contributed by atoms with Crippen LogP contribution in [0.25, 0.3) is 0 Å². The Kier molecular flexibility index (Phi) is 4.17. The number of benzene rings is 1. The number of nitrogens with one attached hydrogen (secondary N) is 2. The summed E-state index contributed by atoms with van der Waals surface area (Å²) >= 11 is 1.25. The van der Waals surface area contributed by atoms with Crippen LogP contribution in [0.3, 0.4) is 0 Å². The van der Waals surface area contributed by atoms with Crippen molar-refractivity contribution in [1.82, 2.24) is 4.98 Å². The number of amides is 1. The molecule has 0 aliphatic rings. The van der Waals surface area contributed by atoms with Crippen LogP contribution in [0.2, 0.25) is 0 Å². The smallest absolute Gasteiger partial charge is 0.387 e. The van der Waals surface area contributed by atoms with Gasteiger partial charge in [0.05, 0.1) is 16.8 Å². The SMILES string of the molecule is CNc1c(C(=O)Nc2ncc(C)s2)cccc1C(F)(F)F. The van der Waals surface area contributed by atoms with Gasteiger partial charge in [-0.2, -0.15) is 13.2 Å². The molecule has 2 rings (SSSR count). The average Bonchev–Trinajstić information content (AvgIpc) is 2.82. The topological polar surface area (TPSA) is 54.0 Å². The number of hydrogen-bond acceptors (Lipinski definition) is 4. The zero-order chi connectivity index (χ0) is 15.6. The Morgan fingerprint density at radius 2 is 2.05 bits per heavy atom. The Morgan fingerprint density at radius 1 is 1.33 bits per heavy atom. The van der Waals surface area contributed by atoms with Crippen molar-refractivity contribution in [2.45, 2.75) is 13.1 Å². The summed E-state index contributed by atoms with van der Waals surface area (Å²) in [6.45, 7) is 1.82. The van der Waals surface area contributed by atoms with Crippen LogP contribution in [0.5, 0.6) is 0 Å². The molecular formula is C13H12F3N3OS. The van der Waals surface area contributed by atoms with Crippen molar-refractivity contribution in [2.24, 2.45) is 0 Å². The van der Waals surface area contributed by atoms with E-state index in [0.717, 1.165) is 10.9 Å². The Balaban J connectivity index is 2.37. The van der Waals surface area contributed by atoms with Crippen molar-refractivity contribution in [3.8, 4) is 0 Å². The van der Waals surface area contributed by atoms with E-state index >= 15 is 0 Å². The summed E-state index contributed by atoms with van der Waals surface area (Å²) in [6.07, 6.45) is -2.96. The third-order valence-electron chi connectivity index (χ3n) is 2.71. The summed E-state index contributed by atoms with van der Waals surface area (Å²) in [5.41, 5.74) is -1.22. The van der Waals surface area contributed by atoms with Crippen LogP contribution in [0.15, 0.2) is 24.4 Å². The van der Waals surface area contributed by atoms with E-state index in [0.29, 0.717) is 5.13 Å². The van der Waals surface area contributed by atoms with Crippen LogP contribution in [-0.4, -0.2) is 17.9 Å². The largest absolute Gasteiger partial charge is 0.418 e. The van der Waals surface area contributed by atoms with Crippen molar-refractivity contribution < 1.29 is 18.0 Å². The second kappa shape index (κ2) is 5.72. The predicted molar refractivity (Wildman–Crippen MR) is 75.8 cm³/mol. The minimum atomic E-state index is -4.54. The van der Waals surface area contributed by atoms with Gasteiger partial charge in [0.2, 0.25) is 0 Å². The molecule has 1 amide bonds. The molecule has 0 spiro atoms. The highest BCUT2D eigenvalue weighted by Crippen LogP contribution is 2.36. The second-order valence-electron chi connectivity index (χ2n) is 4.21. The van der Waals surface area contributed by atoms with E-state index in [-0.39, 0.29) is 11.3 Å². The van der Waals surface area contributed by atoms with Gasteiger partial charge in [-0.05, 0) is 19.1 Å². The number of carbonyl (C=O) groups is 1. The van der Waals surface area contributed by atoms with Gasteiger partial charge in [-0.1, -0.05) is 6.07 Å². The van der Waals surface area contributed by atoms with Gasteiger partial charge in [0.1, 0.15) is 0 Å². The van der Waals surface area contributed by atoms with Gasteiger partial charge in [-0.15, -0.1) is 11.3 Å². The normalized spacial score (nSPS) is 11.3. The summed E-state index contributed by atoms with van der Waals surface area (Å²) in [5.74, 6) is -0.639. The van der Waals surface area contributed by atoms with E-state index in [1.807, 2.05) is 6.92 Å². The molecule has 0 unspecified atom stereocenters. The van der Waals surface area contributed by atoms with Crippen LogP contribution in [0.1, 0.15) is 20.8 Å². The number of aromatic nitrogens is 1. The Labute approximate surface area is 123 Å². The van der Waals surface area contributed by atoms with Crippen molar-refractivity contribution >= 4 is 28.1 Å². The van der Waals surface area contributed by atoms with E-state index in [1.165, 1.54) is 30.5 Å². The molecule has 0 aliphatic carbocycles. The lowest BCUT2D eigenvalue weighted by molar-refractivity contribution is -0.136. The molecule has 8 heteroatoms. The van der Waals surface area contributed by atoms with Crippen LogP contribution < -0.4 is 10.6 Å². The standard InChI is InChI=1S/C13H12F3N3OS/c1-7-6-18-12(21-7)19-11(20)8-4-3-5-9(10(8)17-2)13(14,15)16/h3-6,17H,1-2H3,(H,18,19,20). The number of thiazole rings is 1. The number of alkyl halides is 3. The minimum absolute atomic E-state index is 0.0832. The van der Waals surface area contributed by atoms with Gasteiger partial charge < -0.3 is 5.32 Å². The average molecular weight is 315 g/mol. The van der Waals surface area contributed by atoms with Gasteiger partial charge in [-0.25, -0.2) is 4.98 Å². The molecule has 1 aromatic carbocycles. The molecule has 0 bridgehead atoms. The van der Waals surface area contributed by atoms with Crippen LogP contribution in [0.4, 0.5) is 24.0 Å². The fourth-order valence-corrected chi connectivity index (χ4v) is 2.48. The number of rotatable bonds is 3. The first-order valence-electron chi connectivity index (χ1n) is 5.94. The summed E-state index contributed by atoms with van der Waals surface area (Å²) in [5, 5.41) is 5.28. The molecule has 0 aliphatic heterocycles. The van der Waals surface area contributed by atoms with Gasteiger partial charge >= 0.3 is 6.18 Å². The molecule has 2 N–H and O–H groups in total. The fraction of sp³-hybridized carbons (Fsp3) is 0.231. The molecule has 1 aromatic heterocycles. The molecule has 21 heavy (non-hydrogen) atoms. The highest BCUT2D eigenvalue weighted by molar-refractivity contribution is 7.15. The Morgan fingerprint density at radius 3 is 2.57 bits per heavy atom. The molecule has 2 aromatic rings. The van der Waals surface area contributed by atoms with Gasteiger partial charge in [-0.3, -0.25) is 10.1 Å². The molecule has 4 nitrogen and oxygen atoms in total. The molecule has 0 atom stereocenters. The van der Waals surface area contributed by atoms with Crippen molar-refractivity contribution in [3.63, 3.8) is 0 Å². The first kappa shape index (κ1) is 15.3. The molecule has 0 saturated heterocycles. The zero-order valence-corrected chi connectivity index (χ0v) is 12.0. The highest BCUT2D eigenvalue weighted by atomic mass is 32.1. The lowest BCUT2D eigenvalue weighted by atomic mass is 10.1. The van der Waals surface area contributed by atoms with Gasteiger partial charge in [0.25, 0.3) is 5.91 Å². The molecule has 0 saturated carbocycles. The third kappa shape index (κ3) is 3.33. The van der Waals surface area contributed by atoms with E-state index in [9.17, 15) is 18.0 Å². The first-order chi connectivity index (χ1) is 9.82. The maximum atomic E-state index is 12.9.